The van der Waals surface area contributed by atoms with Gasteiger partial charge >= 0.3 is 6.18 Å². The van der Waals surface area contributed by atoms with Crippen molar-refractivity contribution in [2.24, 2.45) is 5.92 Å². The van der Waals surface area contributed by atoms with Gasteiger partial charge in [-0.2, -0.15) is 18.3 Å². The Hall–Kier alpha value is -2.90. The van der Waals surface area contributed by atoms with Gasteiger partial charge in [0.25, 0.3) is 0 Å². The third-order valence-electron chi connectivity index (χ3n) is 5.29. The number of aromatic nitrogens is 4. The van der Waals surface area contributed by atoms with Gasteiger partial charge in [0.15, 0.2) is 0 Å². The second kappa shape index (κ2) is 10.9. The predicted octanol–water partition coefficient (Wildman–Crippen LogP) is 6.06. The first-order valence-electron chi connectivity index (χ1n) is 10.7. The molecule has 0 atom stereocenters. The van der Waals surface area contributed by atoms with Gasteiger partial charge in [-0.05, 0) is 56.0 Å². The van der Waals surface area contributed by atoms with E-state index in [0.29, 0.717) is 5.56 Å². The minimum atomic E-state index is -4.39. The summed E-state index contributed by atoms with van der Waals surface area (Å²) in [6.45, 7) is 2.89. The number of pyridine rings is 2. The van der Waals surface area contributed by atoms with E-state index in [2.05, 4.69) is 20.4 Å². The van der Waals surface area contributed by atoms with Crippen molar-refractivity contribution >= 4 is 5.82 Å². The summed E-state index contributed by atoms with van der Waals surface area (Å²) < 4.78 is 39.0. The molecule has 3 heterocycles. The third kappa shape index (κ3) is 6.80. The molecule has 0 radical (unpaired) electrons. The monoisotopic (exact) mass is 431 g/mol. The van der Waals surface area contributed by atoms with E-state index in [1.807, 2.05) is 24.4 Å². The van der Waals surface area contributed by atoms with Crippen molar-refractivity contribution < 1.29 is 13.2 Å². The zero-order valence-electron chi connectivity index (χ0n) is 17.6. The SMILES string of the molecule is CCn1nc(-c2cccnc2)cc1C(F)(F)F.c1ccc(NCC2CCCCC2)nc1. The number of nitrogens with zero attached hydrogens (tertiary/aromatic N) is 4. The Kier molecular flexibility index (Phi) is 8.03. The molecule has 5 nitrogen and oxygen atoms in total. The minimum Gasteiger partial charge on any atom is -0.370 e. The van der Waals surface area contributed by atoms with Crippen LogP contribution < -0.4 is 5.32 Å². The van der Waals surface area contributed by atoms with Crippen molar-refractivity contribution in [3.05, 3.63) is 60.7 Å². The molecule has 1 N–H and O–H groups in total. The van der Waals surface area contributed by atoms with Gasteiger partial charge in [0.05, 0.1) is 5.69 Å². The van der Waals surface area contributed by atoms with Crippen LogP contribution >= 0.6 is 0 Å². The molecule has 1 fully saturated rings. The van der Waals surface area contributed by atoms with Crippen molar-refractivity contribution in [2.45, 2.75) is 51.7 Å². The Bertz CT molecular complexity index is 904. The first-order chi connectivity index (χ1) is 15.0. The van der Waals surface area contributed by atoms with Gasteiger partial charge in [-0.1, -0.05) is 25.3 Å². The minimum absolute atomic E-state index is 0.176. The topological polar surface area (TPSA) is 55.6 Å². The first kappa shape index (κ1) is 22.8. The summed E-state index contributed by atoms with van der Waals surface area (Å²) >= 11 is 0. The van der Waals surface area contributed by atoms with Crippen LogP contribution in [-0.2, 0) is 12.7 Å². The lowest BCUT2D eigenvalue weighted by Crippen LogP contribution is -2.17. The molecular formula is C23H28F3N5. The van der Waals surface area contributed by atoms with Gasteiger partial charge in [0, 0.05) is 37.2 Å². The number of anilines is 1. The molecule has 166 valence electrons. The standard InChI is InChI=1S/C12H18N2.C11H10F3N3/c1-2-6-11(7-3-1)10-14-12-8-4-5-9-13-12;1-2-17-10(11(12,13)14)6-9(16-17)8-4-3-5-15-7-8/h4-5,8-9,11H,1-3,6-7,10H2,(H,13,14);3-7H,2H2,1H3. The van der Waals surface area contributed by atoms with E-state index in [9.17, 15) is 13.2 Å². The van der Waals surface area contributed by atoms with E-state index >= 15 is 0 Å². The predicted molar refractivity (Wildman–Crippen MR) is 115 cm³/mol. The van der Waals surface area contributed by atoms with Gasteiger partial charge in [-0.3, -0.25) is 9.67 Å². The smallest absolute Gasteiger partial charge is 0.370 e. The highest BCUT2D eigenvalue weighted by molar-refractivity contribution is 5.58. The van der Waals surface area contributed by atoms with Crippen LogP contribution in [0.1, 0.15) is 44.7 Å². The van der Waals surface area contributed by atoms with Gasteiger partial charge in [-0.15, -0.1) is 0 Å². The molecule has 0 aliphatic heterocycles. The highest BCUT2D eigenvalue weighted by Gasteiger charge is 2.35. The zero-order chi connectivity index (χ0) is 22.1. The Labute approximate surface area is 180 Å². The van der Waals surface area contributed by atoms with Gasteiger partial charge in [0.2, 0.25) is 0 Å². The molecule has 8 heteroatoms. The average Bonchev–Trinajstić information content (AvgIpc) is 3.26. The summed E-state index contributed by atoms with van der Waals surface area (Å²) in [6, 6.07) is 10.4. The fourth-order valence-electron chi connectivity index (χ4n) is 3.65. The Morgan fingerprint density at radius 3 is 2.45 bits per heavy atom. The molecule has 0 unspecified atom stereocenters. The molecule has 31 heavy (non-hydrogen) atoms. The normalized spacial score (nSPS) is 14.6. The van der Waals surface area contributed by atoms with Crippen LogP contribution in [0.5, 0.6) is 0 Å². The lowest BCUT2D eigenvalue weighted by Gasteiger charge is -2.21. The molecule has 3 aromatic rings. The maximum absolute atomic E-state index is 12.7. The van der Waals surface area contributed by atoms with E-state index in [-0.39, 0.29) is 12.2 Å². The summed E-state index contributed by atoms with van der Waals surface area (Å²) in [4.78, 5) is 8.11. The molecule has 1 saturated carbocycles. The fraction of sp³-hybridized carbons (Fsp3) is 0.435. The van der Waals surface area contributed by atoms with E-state index < -0.39 is 11.9 Å². The molecule has 0 amide bonds. The molecular weight excluding hydrogens is 403 g/mol. The number of rotatable bonds is 5. The van der Waals surface area contributed by atoms with Crippen molar-refractivity contribution in [1.82, 2.24) is 19.7 Å². The number of nitrogens with one attached hydrogen (secondary N) is 1. The largest absolute Gasteiger partial charge is 0.433 e. The lowest BCUT2D eigenvalue weighted by atomic mass is 9.89. The highest BCUT2D eigenvalue weighted by Crippen LogP contribution is 2.32. The Morgan fingerprint density at radius 1 is 1.06 bits per heavy atom. The van der Waals surface area contributed by atoms with Crippen LogP contribution in [0, 0.1) is 5.92 Å². The highest BCUT2D eigenvalue weighted by atomic mass is 19.4. The van der Waals surface area contributed by atoms with Crippen molar-refractivity contribution in [3.8, 4) is 11.3 Å². The Balaban J connectivity index is 0.000000179. The van der Waals surface area contributed by atoms with Crippen LogP contribution in [0.3, 0.4) is 0 Å². The van der Waals surface area contributed by atoms with Gasteiger partial charge in [0.1, 0.15) is 11.5 Å². The maximum Gasteiger partial charge on any atom is 0.433 e. The molecule has 1 aliphatic carbocycles. The van der Waals surface area contributed by atoms with Crippen LogP contribution in [-0.4, -0.2) is 26.3 Å². The third-order valence-corrected chi connectivity index (χ3v) is 5.29. The van der Waals surface area contributed by atoms with E-state index in [1.54, 1.807) is 25.3 Å². The zero-order valence-corrected chi connectivity index (χ0v) is 17.6. The molecule has 3 aromatic heterocycles. The second-order valence-electron chi connectivity index (χ2n) is 7.57. The van der Waals surface area contributed by atoms with Crippen molar-refractivity contribution in [3.63, 3.8) is 0 Å². The molecule has 4 rings (SSSR count). The van der Waals surface area contributed by atoms with E-state index in [0.717, 1.165) is 29.0 Å². The lowest BCUT2D eigenvalue weighted by molar-refractivity contribution is -0.144. The average molecular weight is 432 g/mol. The second-order valence-corrected chi connectivity index (χ2v) is 7.57. The summed E-state index contributed by atoms with van der Waals surface area (Å²) in [5.41, 5.74) is 0.122. The summed E-state index contributed by atoms with van der Waals surface area (Å²) in [5.74, 6) is 1.88. The number of halogens is 3. The molecule has 0 bridgehead atoms. The van der Waals surface area contributed by atoms with Crippen LogP contribution in [0.15, 0.2) is 55.0 Å². The first-order valence-corrected chi connectivity index (χ1v) is 10.7. The number of aryl methyl sites for hydroxylation is 1. The summed E-state index contributed by atoms with van der Waals surface area (Å²) in [6.07, 6.45) is 7.53. The van der Waals surface area contributed by atoms with Crippen LogP contribution in [0.25, 0.3) is 11.3 Å². The Morgan fingerprint density at radius 2 is 1.87 bits per heavy atom. The number of hydrogen-bond donors (Lipinski definition) is 1. The maximum atomic E-state index is 12.7. The number of alkyl halides is 3. The van der Waals surface area contributed by atoms with Crippen molar-refractivity contribution in [2.75, 3.05) is 11.9 Å². The molecule has 0 aromatic carbocycles. The van der Waals surface area contributed by atoms with Crippen molar-refractivity contribution in [1.29, 1.82) is 0 Å². The quantitative estimate of drug-likeness (QED) is 0.534. The van der Waals surface area contributed by atoms with E-state index in [1.165, 1.54) is 38.3 Å². The van der Waals surface area contributed by atoms with Crippen LogP contribution in [0.2, 0.25) is 0 Å². The summed E-state index contributed by atoms with van der Waals surface area (Å²) in [7, 11) is 0. The van der Waals surface area contributed by atoms with Gasteiger partial charge < -0.3 is 5.32 Å². The molecule has 0 spiro atoms. The van der Waals surface area contributed by atoms with E-state index in [4.69, 9.17) is 0 Å². The fourth-order valence-corrected chi connectivity index (χ4v) is 3.65. The summed E-state index contributed by atoms with van der Waals surface area (Å²) in [5, 5.41) is 7.33. The van der Waals surface area contributed by atoms with Crippen LogP contribution in [0.4, 0.5) is 19.0 Å². The van der Waals surface area contributed by atoms with Gasteiger partial charge in [-0.25, -0.2) is 4.98 Å². The molecule has 0 saturated heterocycles. The molecule has 1 aliphatic rings. The number of hydrogen-bond acceptors (Lipinski definition) is 4.